The first-order chi connectivity index (χ1) is 9.13. The molecule has 0 fully saturated rings. The number of unbranched alkanes of at least 4 members (excludes halogenated alkanes) is 1. The fraction of sp³-hybridized carbons (Fsp3) is 0.500. The maximum atomic E-state index is 13.2. The monoisotopic (exact) mass is 300 g/mol. The van der Waals surface area contributed by atoms with Crippen LogP contribution in [0.1, 0.15) is 31.0 Å². The van der Waals surface area contributed by atoms with Gasteiger partial charge in [-0.15, -0.1) is 11.6 Å². The van der Waals surface area contributed by atoms with E-state index in [9.17, 15) is 4.39 Å². The van der Waals surface area contributed by atoms with Crippen molar-refractivity contribution in [2.75, 3.05) is 12.0 Å². The molecular weight excluding hydrogens is 283 g/mol. The summed E-state index contributed by atoms with van der Waals surface area (Å²) in [5.74, 6) is 1.73. The number of aryl methyl sites for hydroxylation is 1. The molecule has 0 radical (unpaired) electrons. The highest BCUT2D eigenvalue weighted by Crippen LogP contribution is 2.25. The van der Waals surface area contributed by atoms with Gasteiger partial charge >= 0.3 is 0 Å². The molecule has 0 amide bonds. The molecule has 0 saturated carbocycles. The van der Waals surface area contributed by atoms with Gasteiger partial charge in [0.1, 0.15) is 11.6 Å². The number of thioether (sulfide) groups is 1. The molecule has 0 N–H and O–H groups in total. The molecule has 1 unspecified atom stereocenters. The summed E-state index contributed by atoms with van der Waals surface area (Å²) in [5.41, 5.74) is 1.65. The van der Waals surface area contributed by atoms with E-state index in [1.165, 1.54) is 12.1 Å². The molecule has 0 aliphatic heterocycles. The maximum Gasteiger partial charge on any atom is 0.127 e. The van der Waals surface area contributed by atoms with Crippen LogP contribution in [0, 0.1) is 5.82 Å². The van der Waals surface area contributed by atoms with Crippen LogP contribution in [0.4, 0.5) is 4.39 Å². The second-order valence-electron chi connectivity index (χ2n) is 4.57. The molecule has 0 aliphatic rings. The Morgan fingerprint density at radius 3 is 2.89 bits per heavy atom. The van der Waals surface area contributed by atoms with Crippen LogP contribution in [0.3, 0.4) is 0 Å². The molecule has 1 aromatic heterocycles. The smallest absolute Gasteiger partial charge is 0.127 e. The topological polar surface area (TPSA) is 17.8 Å². The van der Waals surface area contributed by atoms with E-state index in [0.29, 0.717) is 5.52 Å². The van der Waals surface area contributed by atoms with Crippen LogP contribution in [0.15, 0.2) is 18.2 Å². The molecule has 1 aromatic carbocycles. The number of nitrogens with zero attached hydrogens (tertiary/aromatic N) is 2. The summed E-state index contributed by atoms with van der Waals surface area (Å²) in [7, 11) is 0. The van der Waals surface area contributed by atoms with Crippen LogP contribution < -0.4 is 0 Å². The molecule has 0 spiro atoms. The lowest BCUT2D eigenvalue weighted by molar-refractivity contribution is 0.617. The van der Waals surface area contributed by atoms with Crippen LogP contribution >= 0.6 is 23.4 Å². The standard InChI is InChI=1S/C14H18ClFN2S/c1-10(15)14-17-12-9-11(16)5-6-13(12)18(14)7-3-4-8-19-2/h5-6,9-10H,3-4,7-8H2,1-2H3. The Labute approximate surface area is 122 Å². The fourth-order valence-corrected chi connectivity index (χ4v) is 2.84. The number of rotatable bonds is 6. The second-order valence-corrected chi connectivity index (χ2v) is 6.21. The average molecular weight is 301 g/mol. The van der Waals surface area contributed by atoms with Crippen LogP contribution in [0.5, 0.6) is 0 Å². The molecule has 0 saturated heterocycles. The summed E-state index contributed by atoms with van der Waals surface area (Å²) < 4.78 is 15.4. The summed E-state index contributed by atoms with van der Waals surface area (Å²) in [6.45, 7) is 2.78. The first-order valence-electron chi connectivity index (χ1n) is 6.42. The summed E-state index contributed by atoms with van der Waals surface area (Å²) in [5, 5.41) is -0.170. The number of halogens is 2. The molecule has 0 bridgehead atoms. The fourth-order valence-electron chi connectivity index (χ4n) is 2.18. The minimum absolute atomic E-state index is 0.170. The Kier molecular flexibility index (Phi) is 5.11. The van der Waals surface area contributed by atoms with Gasteiger partial charge in [-0.25, -0.2) is 9.37 Å². The highest BCUT2D eigenvalue weighted by atomic mass is 35.5. The van der Waals surface area contributed by atoms with Gasteiger partial charge in [-0.1, -0.05) is 0 Å². The highest BCUT2D eigenvalue weighted by Gasteiger charge is 2.14. The molecule has 2 nitrogen and oxygen atoms in total. The van der Waals surface area contributed by atoms with Crippen LogP contribution in [-0.2, 0) is 6.54 Å². The SMILES string of the molecule is CSCCCCn1c(C(C)Cl)nc2cc(F)ccc21. The molecule has 104 valence electrons. The van der Waals surface area contributed by atoms with Crippen molar-refractivity contribution in [2.45, 2.75) is 31.7 Å². The maximum absolute atomic E-state index is 13.2. The first kappa shape index (κ1) is 14.7. The Balaban J connectivity index is 2.30. The Morgan fingerprint density at radius 2 is 2.21 bits per heavy atom. The molecule has 1 atom stereocenters. The summed E-state index contributed by atoms with van der Waals surface area (Å²) in [6, 6.07) is 4.73. The van der Waals surface area contributed by atoms with E-state index in [4.69, 9.17) is 11.6 Å². The molecule has 1 heterocycles. The predicted molar refractivity (Wildman–Crippen MR) is 81.6 cm³/mol. The van der Waals surface area contributed by atoms with Crippen molar-refractivity contribution in [1.29, 1.82) is 0 Å². The number of hydrogen-bond acceptors (Lipinski definition) is 2. The van der Waals surface area contributed by atoms with Gasteiger partial charge < -0.3 is 4.57 Å². The van der Waals surface area contributed by atoms with Crippen LogP contribution in [-0.4, -0.2) is 21.6 Å². The zero-order valence-electron chi connectivity index (χ0n) is 11.2. The quantitative estimate of drug-likeness (QED) is 0.572. The van der Waals surface area contributed by atoms with Crippen molar-refractivity contribution < 1.29 is 4.39 Å². The second kappa shape index (κ2) is 6.62. The summed E-state index contributed by atoms with van der Waals surface area (Å²) in [6.07, 6.45) is 4.36. The van der Waals surface area contributed by atoms with E-state index >= 15 is 0 Å². The lowest BCUT2D eigenvalue weighted by Gasteiger charge is -2.10. The largest absolute Gasteiger partial charge is 0.327 e. The molecule has 19 heavy (non-hydrogen) atoms. The normalized spacial score (nSPS) is 13.1. The third-order valence-corrected chi connectivity index (χ3v) is 3.97. The van der Waals surface area contributed by atoms with Gasteiger partial charge in [-0.2, -0.15) is 11.8 Å². The third kappa shape index (κ3) is 3.42. The molecule has 5 heteroatoms. The Morgan fingerprint density at radius 1 is 1.42 bits per heavy atom. The number of fused-ring (bicyclic) bond motifs is 1. The zero-order valence-corrected chi connectivity index (χ0v) is 12.8. The van der Waals surface area contributed by atoms with Gasteiger partial charge in [0.25, 0.3) is 0 Å². The van der Waals surface area contributed by atoms with Gasteiger partial charge in [0.15, 0.2) is 0 Å². The minimum Gasteiger partial charge on any atom is -0.327 e. The highest BCUT2D eigenvalue weighted by molar-refractivity contribution is 7.98. The van der Waals surface area contributed by atoms with E-state index in [1.807, 2.05) is 18.7 Å². The van der Waals surface area contributed by atoms with Crippen molar-refractivity contribution in [1.82, 2.24) is 9.55 Å². The van der Waals surface area contributed by atoms with E-state index < -0.39 is 0 Å². The van der Waals surface area contributed by atoms with Crippen molar-refractivity contribution in [3.05, 3.63) is 29.8 Å². The van der Waals surface area contributed by atoms with Crippen molar-refractivity contribution in [3.8, 4) is 0 Å². The summed E-state index contributed by atoms with van der Waals surface area (Å²) in [4.78, 5) is 4.46. The minimum atomic E-state index is -0.256. The summed E-state index contributed by atoms with van der Waals surface area (Å²) >= 11 is 8.03. The van der Waals surface area contributed by atoms with Crippen LogP contribution in [0.25, 0.3) is 11.0 Å². The third-order valence-electron chi connectivity index (χ3n) is 3.08. The number of alkyl halides is 1. The number of imidazole rings is 1. The Bertz CT molecular complexity index is 554. The van der Waals surface area contributed by atoms with Gasteiger partial charge in [0.05, 0.1) is 16.4 Å². The van der Waals surface area contributed by atoms with E-state index in [-0.39, 0.29) is 11.2 Å². The molecule has 2 aromatic rings. The first-order valence-corrected chi connectivity index (χ1v) is 8.25. The van der Waals surface area contributed by atoms with Gasteiger partial charge in [0, 0.05) is 12.6 Å². The van der Waals surface area contributed by atoms with Gasteiger partial charge in [-0.05, 0) is 43.9 Å². The average Bonchev–Trinajstić information content (AvgIpc) is 2.72. The van der Waals surface area contributed by atoms with Crippen molar-refractivity contribution >= 4 is 34.4 Å². The van der Waals surface area contributed by atoms with Crippen LogP contribution in [0.2, 0.25) is 0 Å². The zero-order chi connectivity index (χ0) is 13.8. The Hall–Kier alpha value is -0.740. The lowest BCUT2D eigenvalue weighted by Crippen LogP contribution is -2.05. The van der Waals surface area contributed by atoms with Crippen molar-refractivity contribution in [3.63, 3.8) is 0 Å². The van der Waals surface area contributed by atoms with Crippen molar-refractivity contribution in [2.24, 2.45) is 0 Å². The van der Waals surface area contributed by atoms with Gasteiger partial charge in [-0.3, -0.25) is 0 Å². The molecule has 2 rings (SSSR count). The van der Waals surface area contributed by atoms with Gasteiger partial charge in [0.2, 0.25) is 0 Å². The number of benzene rings is 1. The molecule has 0 aliphatic carbocycles. The number of hydrogen-bond donors (Lipinski definition) is 0. The van der Waals surface area contributed by atoms with E-state index in [2.05, 4.69) is 15.8 Å². The lowest BCUT2D eigenvalue weighted by atomic mass is 10.3. The number of aromatic nitrogens is 2. The van der Waals surface area contributed by atoms with E-state index in [0.717, 1.165) is 36.5 Å². The van der Waals surface area contributed by atoms with E-state index in [1.54, 1.807) is 6.07 Å². The predicted octanol–water partition coefficient (Wildman–Crippen LogP) is 4.62. The molecular formula is C14H18ClFN2S.